The van der Waals surface area contributed by atoms with Gasteiger partial charge in [0.25, 0.3) is 0 Å². The summed E-state index contributed by atoms with van der Waals surface area (Å²) in [5.74, 6) is 0.556. The molecular weight excluding hydrogens is 461 g/mol. The van der Waals surface area contributed by atoms with Crippen LogP contribution in [0.15, 0.2) is 53.0 Å². The first-order valence-electron chi connectivity index (χ1n) is 9.14. The molecule has 5 nitrogen and oxygen atoms in total. The molecule has 0 bridgehead atoms. The number of rotatable bonds is 6. The highest BCUT2D eigenvalue weighted by atomic mass is 79.9. The Morgan fingerprint density at radius 1 is 1.03 bits per heavy atom. The van der Waals surface area contributed by atoms with Crippen LogP contribution in [0, 0.1) is 6.92 Å². The van der Waals surface area contributed by atoms with Gasteiger partial charge in [-0.1, -0.05) is 34.1 Å². The van der Waals surface area contributed by atoms with Crippen molar-refractivity contribution in [1.82, 2.24) is 9.97 Å². The van der Waals surface area contributed by atoms with Crippen molar-refractivity contribution in [3.63, 3.8) is 0 Å². The Hall–Kier alpha value is -2.81. The minimum absolute atomic E-state index is 0.0700. The van der Waals surface area contributed by atoms with Crippen LogP contribution < -0.4 is 15.4 Å². The van der Waals surface area contributed by atoms with E-state index in [0.717, 1.165) is 15.7 Å². The molecule has 158 valence electrons. The van der Waals surface area contributed by atoms with Crippen molar-refractivity contribution in [3.05, 3.63) is 58.6 Å². The molecule has 3 rings (SSSR count). The van der Waals surface area contributed by atoms with Gasteiger partial charge < -0.3 is 15.4 Å². The number of benzene rings is 2. The van der Waals surface area contributed by atoms with E-state index in [1.165, 1.54) is 18.2 Å². The van der Waals surface area contributed by atoms with E-state index in [1.807, 2.05) is 39.0 Å². The van der Waals surface area contributed by atoms with Crippen LogP contribution in [0.2, 0.25) is 0 Å². The second-order valence-corrected chi connectivity index (χ2v) is 7.73. The summed E-state index contributed by atoms with van der Waals surface area (Å²) in [6, 6.07) is 13.2. The Morgan fingerprint density at radius 3 is 2.47 bits per heavy atom. The van der Waals surface area contributed by atoms with Gasteiger partial charge in [-0.05, 0) is 50.6 Å². The van der Waals surface area contributed by atoms with Gasteiger partial charge in [-0.25, -0.2) is 4.98 Å². The largest absolute Gasteiger partial charge is 0.573 e. The lowest BCUT2D eigenvalue weighted by atomic mass is 10.1. The van der Waals surface area contributed by atoms with E-state index in [4.69, 9.17) is 0 Å². The highest BCUT2D eigenvalue weighted by Gasteiger charge is 2.31. The van der Waals surface area contributed by atoms with Gasteiger partial charge in [0.15, 0.2) is 0 Å². The summed E-state index contributed by atoms with van der Waals surface area (Å²) < 4.78 is 42.7. The van der Waals surface area contributed by atoms with Crippen molar-refractivity contribution in [2.45, 2.75) is 33.2 Å². The Bertz CT molecular complexity index is 1040. The topological polar surface area (TPSA) is 59.1 Å². The predicted molar refractivity (Wildman–Crippen MR) is 115 cm³/mol. The van der Waals surface area contributed by atoms with Gasteiger partial charge in [0.05, 0.1) is 5.69 Å². The molecule has 0 fully saturated rings. The van der Waals surface area contributed by atoms with Crippen LogP contribution in [0.3, 0.4) is 0 Å². The first-order valence-corrected chi connectivity index (χ1v) is 9.94. The first-order chi connectivity index (χ1) is 14.1. The second kappa shape index (κ2) is 8.91. The highest BCUT2D eigenvalue weighted by Crippen LogP contribution is 2.31. The molecule has 1 heterocycles. The lowest BCUT2D eigenvalue weighted by Gasteiger charge is -2.15. The molecule has 0 amide bonds. The maximum atomic E-state index is 12.6. The highest BCUT2D eigenvalue weighted by molar-refractivity contribution is 9.10. The smallest absolute Gasteiger partial charge is 0.406 e. The minimum atomic E-state index is -4.76. The summed E-state index contributed by atoms with van der Waals surface area (Å²) in [6.45, 7) is 5.85. The molecule has 0 aliphatic heterocycles. The van der Waals surface area contributed by atoms with Gasteiger partial charge in [-0.15, -0.1) is 13.2 Å². The average molecular weight is 481 g/mol. The molecule has 0 radical (unpaired) electrons. The Balaban J connectivity index is 2.01. The quantitative estimate of drug-likeness (QED) is 0.412. The third-order valence-corrected chi connectivity index (χ3v) is 4.90. The zero-order valence-corrected chi connectivity index (χ0v) is 18.1. The van der Waals surface area contributed by atoms with E-state index < -0.39 is 6.36 Å². The predicted octanol–water partition coefficient (Wildman–Crippen LogP) is 6.68. The zero-order chi connectivity index (χ0) is 21.9. The van der Waals surface area contributed by atoms with Crippen molar-refractivity contribution in [2.24, 2.45) is 0 Å². The van der Waals surface area contributed by atoms with E-state index in [0.29, 0.717) is 23.0 Å². The van der Waals surface area contributed by atoms with Crippen LogP contribution in [-0.4, -0.2) is 22.4 Å². The third-order valence-electron chi connectivity index (χ3n) is 4.04. The van der Waals surface area contributed by atoms with Crippen molar-refractivity contribution >= 4 is 33.4 Å². The van der Waals surface area contributed by atoms with Gasteiger partial charge in [-0.2, -0.15) is 4.98 Å². The van der Waals surface area contributed by atoms with Crippen LogP contribution in [0.25, 0.3) is 11.3 Å². The van der Waals surface area contributed by atoms with E-state index in [9.17, 15) is 13.2 Å². The molecule has 30 heavy (non-hydrogen) atoms. The fourth-order valence-electron chi connectivity index (χ4n) is 2.72. The summed E-state index contributed by atoms with van der Waals surface area (Å²) in [6.07, 6.45) is -4.76. The molecule has 0 spiro atoms. The second-order valence-electron chi connectivity index (χ2n) is 6.87. The van der Waals surface area contributed by atoms with Crippen molar-refractivity contribution in [1.29, 1.82) is 0 Å². The molecule has 0 atom stereocenters. The summed E-state index contributed by atoms with van der Waals surface area (Å²) in [5.41, 5.74) is 2.77. The molecule has 0 aliphatic carbocycles. The number of ether oxygens (including phenoxy) is 1. The Morgan fingerprint density at radius 2 is 1.77 bits per heavy atom. The lowest BCUT2D eigenvalue weighted by Crippen LogP contribution is -2.17. The van der Waals surface area contributed by atoms with Gasteiger partial charge in [-0.3, -0.25) is 0 Å². The number of halogens is 4. The Labute approximate surface area is 180 Å². The molecular formula is C21H20BrF3N4O. The van der Waals surface area contributed by atoms with Gasteiger partial charge >= 0.3 is 6.36 Å². The molecule has 0 unspecified atom stereocenters. The lowest BCUT2D eigenvalue weighted by molar-refractivity contribution is -0.274. The summed E-state index contributed by atoms with van der Waals surface area (Å²) in [7, 11) is 0. The normalized spacial score (nSPS) is 11.5. The summed E-state index contributed by atoms with van der Waals surface area (Å²) >= 11 is 3.50. The SMILES string of the molecule is Cc1c(Br)cccc1Nc1cc(-c2cccc(OC(F)(F)F)c2)nc(NC(C)C)n1. The molecule has 0 saturated carbocycles. The van der Waals surface area contributed by atoms with E-state index in [2.05, 4.69) is 41.3 Å². The van der Waals surface area contributed by atoms with Crippen LogP contribution in [0.1, 0.15) is 19.4 Å². The van der Waals surface area contributed by atoms with E-state index >= 15 is 0 Å². The maximum absolute atomic E-state index is 12.6. The molecule has 0 saturated heterocycles. The maximum Gasteiger partial charge on any atom is 0.573 e. The average Bonchev–Trinajstić information content (AvgIpc) is 2.63. The van der Waals surface area contributed by atoms with Gasteiger partial charge in [0.2, 0.25) is 5.95 Å². The third kappa shape index (κ3) is 5.85. The molecule has 2 N–H and O–H groups in total. The van der Waals surface area contributed by atoms with Crippen LogP contribution in [-0.2, 0) is 0 Å². The van der Waals surface area contributed by atoms with E-state index in [1.54, 1.807) is 12.1 Å². The van der Waals surface area contributed by atoms with E-state index in [-0.39, 0.29) is 11.8 Å². The number of anilines is 3. The molecule has 9 heteroatoms. The molecule has 1 aromatic heterocycles. The Kier molecular flexibility index (Phi) is 6.50. The van der Waals surface area contributed by atoms with Crippen molar-refractivity contribution < 1.29 is 17.9 Å². The number of nitrogens with one attached hydrogen (secondary N) is 2. The molecule has 0 aliphatic rings. The minimum Gasteiger partial charge on any atom is -0.406 e. The number of alkyl halides is 3. The van der Waals surface area contributed by atoms with Crippen molar-refractivity contribution in [2.75, 3.05) is 10.6 Å². The number of hydrogen-bond donors (Lipinski definition) is 2. The number of aromatic nitrogens is 2. The van der Waals surface area contributed by atoms with Gasteiger partial charge in [0.1, 0.15) is 11.6 Å². The summed E-state index contributed by atoms with van der Waals surface area (Å²) in [4.78, 5) is 8.94. The van der Waals surface area contributed by atoms with Crippen LogP contribution in [0.5, 0.6) is 5.75 Å². The first kappa shape index (κ1) is 21.9. The monoisotopic (exact) mass is 480 g/mol. The number of nitrogens with zero attached hydrogens (tertiary/aromatic N) is 2. The fourth-order valence-corrected chi connectivity index (χ4v) is 3.08. The molecule has 3 aromatic rings. The summed E-state index contributed by atoms with van der Waals surface area (Å²) in [5, 5.41) is 6.39. The fraction of sp³-hybridized carbons (Fsp3) is 0.238. The number of hydrogen-bond acceptors (Lipinski definition) is 5. The van der Waals surface area contributed by atoms with Crippen LogP contribution >= 0.6 is 15.9 Å². The zero-order valence-electron chi connectivity index (χ0n) is 16.5. The van der Waals surface area contributed by atoms with Gasteiger partial charge in [0, 0.05) is 27.8 Å². The van der Waals surface area contributed by atoms with Crippen LogP contribution in [0.4, 0.5) is 30.6 Å². The molecule has 2 aromatic carbocycles. The standard InChI is InChI=1S/C21H20BrF3N4O/c1-12(2)26-20-28-18(14-6-4-7-15(10-14)30-21(23,24)25)11-19(29-20)27-17-9-5-8-16(22)13(17)3/h4-12H,1-3H3,(H2,26,27,28,29). The van der Waals surface area contributed by atoms with Crippen molar-refractivity contribution in [3.8, 4) is 17.0 Å².